The molecule has 0 N–H and O–H groups in total. The van der Waals surface area contributed by atoms with E-state index in [9.17, 15) is 5.21 Å². The van der Waals surface area contributed by atoms with Gasteiger partial charge in [-0.3, -0.25) is 0 Å². The molecule has 0 aromatic carbocycles. The zero-order valence-corrected chi connectivity index (χ0v) is 12.9. The van der Waals surface area contributed by atoms with E-state index in [0.29, 0.717) is 6.54 Å². The summed E-state index contributed by atoms with van der Waals surface area (Å²) < 4.78 is 4.56. The zero-order valence-electron chi connectivity index (χ0n) is 9.23. The second kappa shape index (κ2) is 6.27. The second-order valence-corrected chi connectivity index (χ2v) is 7.49. The number of unbranched alkanes of at least 4 members (excludes halogenated alkanes) is 2. The molecular formula is C9H18MoNO2S2. The van der Waals surface area contributed by atoms with Crippen LogP contribution in [0.4, 0.5) is 0 Å². The fraction of sp³-hybridized carbons (Fsp3) is 1.00. The van der Waals surface area contributed by atoms with E-state index in [-0.39, 0.29) is 3.20 Å². The van der Waals surface area contributed by atoms with Crippen LogP contribution in [0.15, 0.2) is 0 Å². The van der Waals surface area contributed by atoms with Crippen molar-refractivity contribution in [2.75, 3.05) is 12.3 Å². The Kier molecular flexibility index (Phi) is 5.99. The first-order chi connectivity index (χ1) is 7.08. The fourth-order valence-electron chi connectivity index (χ4n) is 1.14. The Morgan fingerprint density at radius 3 is 2.47 bits per heavy atom. The minimum atomic E-state index is -0.533. The number of thioether (sulfide) groups is 1. The minimum absolute atomic E-state index is 0.254. The van der Waals surface area contributed by atoms with Crippen molar-refractivity contribution in [1.29, 1.82) is 0 Å². The van der Waals surface area contributed by atoms with Crippen molar-refractivity contribution >= 4 is 23.8 Å². The summed E-state index contributed by atoms with van der Waals surface area (Å²) in [4.78, 5) is 0. The summed E-state index contributed by atoms with van der Waals surface area (Å²) in [7, 11) is 0. The predicted molar refractivity (Wildman–Crippen MR) is 62.2 cm³/mol. The molecule has 1 heterocycles. The van der Waals surface area contributed by atoms with Gasteiger partial charge in [0.05, 0.1) is 0 Å². The normalized spacial score (nSPS) is 28.7. The van der Waals surface area contributed by atoms with E-state index >= 15 is 0 Å². The van der Waals surface area contributed by atoms with Crippen LogP contribution < -0.4 is 0 Å². The molecule has 3 nitrogen and oxygen atoms in total. The summed E-state index contributed by atoms with van der Waals surface area (Å²) in [5, 5.41) is 12.3. The van der Waals surface area contributed by atoms with Crippen LogP contribution in [0.5, 0.6) is 0 Å². The molecule has 89 valence electrons. The molecule has 0 aromatic heterocycles. The van der Waals surface area contributed by atoms with E-state index < -0.39 is 4.39 Å². The molecule has 1 fully saturated rings. The number of hydroxylamine groups is 2. The Morgan fingerprint density at radius 2 is 2.00 bits per heavy atom. The summed E-state index contributed by atoms with van der Waals surface area (Å²) in [5.41, 5.74) is 0. The van der Waals surface area contributed by atoms with E-state index in [2.05, 4.69) is 13.8 Å². The first-order valence-corrected chi connectivity index (χ1v) is 8.01. The van der Waals surface area contributed by atoms with E-state index in [4.69, 9.17) is 4.18 Å². The molecule has 1 saturated heterocycles. The number of rotatable bonds is 8. The predicted octanol–water partition coefficient (Wildman–Crippen LogP) is 3.39. The molecule has 1 rings (SSSR count). The molecular weight excluding hydrogens is 314 g/mol. The molecule has 6 heteroatoms. The van der Waals surface area contributed by atoms with Crippen LogP contribution in [0.3, 0.4) is 0 Å². The Labute approximate surface area is 112 Å². The van der Waals surface area contributed by atoms with Gasteiger partial charge in [0.25, 0.3) is 0 Å². The van der Waals surface area contributed by atoms with E-state index in [0.717, 1.165) is 25.0 Å². The van der Waals surface area contributed by atoms with Gasteiger partial charge in [-0.1, -0.05) is 0 Å². The number of hydrogen-bond donors (Lipinski definition) is 0. The maximum atomic E-state index is 12.3. The first kappa shape index (κ1) is 14.3. The molecule has 2 unspecified atom stereocenters. The molecule has 0 radical (unpaired) electrons. The molecule has 0 bridgehead atoms. The zero-order chi connectivity index (χ0) is 11.4. The van der Waals surface area contributed by atoms with Crippen LogP contribution in [0.25, 0.3) is 0 Å². The van der Waals surface area contributed by atoms with Crippen LogP contribution in [0.2, 0.25) is 0 Å². The van der Waals surface area contributed by atoms with Crippen LogP contribution in [0, 0.1) is 5.21 Å². The van der Waals surface area contributed by atoms with Gasteiger partial charge in [0.15, 0.2) is 0 Å². The molecule has 15 heavy (non-hydrogen) atoms. The standard InChI is InChI=1S/C9H18NO2S2.Mo/c1-3-5-7-10(11)9(12-14-9)13-8-6-4-2;/h3-8H2,1-2H3;/q-1;+1. The third-order valence-corrected chi connectivity index (χ3v) is 6.59. The van der Waals surface area contributed by atoms with Gasteiger partial charge in [-0.05, 0) is 0 Å². The summed E-state index contributed by atoms with van der Waals surface area (Å²) >= 11 is 4.67. The molecule has 0 aromatic rings. The second-order valence-electron chi connectivity index (χ2n) is 3.64. The molecule has 0 amide bonds. The topological polar surface area (TPSA) is 35.6 Å². The van der Waals surface area contributed by atoms with Crippen molar-refractivity contribution < 1.29 is 27.5 Å². The first-order valence-electron chi connectivity index (χ1n) is 5.39. The molecule has 0 aliphatic carbocycles. The molecule has 2 atom stereocenters. The van der Waals surface area contributed by atoms with E-state index in [1.165, 1.54) is 18.5 Å². The number of hydrogen-bond acceptors (Lipinski definition) is 4. The van der Waals surface area contributed by atoms with Crippen molar-refractivity contribution in [3.05, 3.63) is 5.21 Å². The SMILES string of the molecule is CCCCSC1([N+]([O-])([Mo])CCCC)OS1. The van der Waals surface area contributed by atoms with Crippen LogP contribution in [-0.4, -0.2) is 19.9 Å². The van der Waals surface area contributed by atoms with Crippen molar-refractivity contribution in [3.8, 4) is 0 Å². The summed E-state index contributed by atoms with van der Waals surface area (Å²) in [5.74, 6) is 1.02. The van der Waals surface area contributed by atoms with Crippen molar-refractivity contribution in [3.63, 3.8) is 0 Å². The van der Waals surface area contributed by atoms with Crippen molar-refractivity contribution in [2.24, 2.45) is 0 Å². The quantitative estimate of drug-likeness (QED) is 0.170. The number of nitrogens with zero attached hydrogens (tertiary/aromatic N) is 1. The van der Waals surface area contributed by atoms with Gasteiger partial charge in [-0.25, -0.2) is 0 Å². The van der Waals surface area contributed by atoms with Gasteiger partial charge in [-0.15, -0.1) is 0 Å². The van der Waals surface area contributed by atoms with Crippen LogP contribution in [-0.2, 0) is 24.2 Å². The van der Waals surface area contributed by atoms with Crippen LogP contribution in [0.1, 0.15) is 39.5 Å². The Hall–Kier alpha value is 1.27. The monoisotopic (exact) mass is 334 g/mol. The Balaban J connectivity index is 2.38. The molecule has 0 saturated carbocycles. The van der Waals surface area contributed by atoms with Gasteiger partial charge >= 0.3 is 113 Å². The molecule has 1 aliphatic rings. The van der Waals surface area contributed by atoms with Gasteiger partial charge in [0.1, 0.15) is 0 Å². The maximum absolute atomic E-state index is 12.3. The Morgan fingerprint density at radius 1 is 1.40 bits per heavy atom. The average molecular weight is 332 g/mol. The fourth-order valence-corrected chi connectivity index (χ4v) is 4.40. The van der Waals surface area contributed by atoms with Crippen molar-refractivity contribution in [1.82, 2.24) is 0 Å². The van der Waals surface area contributed by atoms with Gasteiger partial charge in [-0.2, -0.15) is 0 Å². The number of quaternary nitrogens is 1. The summed E-state index contributed by atoms with van der Waals surface area (Å²) in [6, 6.07) is 0. The van der Waals surface area contributed by atoms with Crippen molar-refractivity contribution in [2.45, 2.75) is 43.9 Å². The third-order valence-electron chi connectivity index (χ3n) is 2.23. The molecule has 0 spiro atoms. The van der Waals surface area contributed by atoms with Gasteiger partial charge in [0, 0.05) is 0 Å². The van der Waals surface area contributed by atoms with E-state index in [1.54, 1.807) is 31.8 Å². The van der Waals surface area contributed by atoms with Crippen LogP contribution >= 0.6 is 23.8 Å². The van der Waals surface area contributed by atoms with Gasteiger partial charge in [0.2, 0.25) is 0 Å². The van der Waals surface area contributed by atoms with E-state index in [1.807, 2.05) is 0 Å². The third kappa shape index (κ3) is 3.90. The Bertz CT molecular complexity index is 201. The summed E-state index contributed by atoms with van der Waals surface area (Å²) in [6.07, 6.45) is 4.37. The summed E-state index contributed by atoms with van der Waals surface area (Å²) in [6.45, 7) is 4.93. The molecule has 1 aliphatic heterocycles. The average Bonchev–Trinajstić information content (AvgIpc) is 2.97. The van der Waals surface area contributed by atoms with Gasteiger partial charge < -0.3 is 0 Å².